The van der Waals surface area contributed by atoms with E-state index in [1.54, 1.807) is 11.3 Å². The lowest BCUT2D eigenvalue weighted by Gasteiger charge is -2.20. The molecule has 8 heteroatoms. The molecular formula is C18H21ClN2O3S2. The molecule has 0 bridgehead atoms. The predicted molar refractivity (Wildman–Crippen MR) is 106 cm³/mol. The maximum absolute atomic E-state index is 12.3. The highest BCUT2D eigenvalue weighted by Gasteiger charge is 2.37. The van der Waals surface area contributed by atoms with Crippen LogP contribution >= 0.6 is 22.9 Å². The molecule has 2 N–H and O–H groups in total. The summed E-state index contributed by atoms with van der Waals surface area (Å²) >= 11 is 7.67. The Hall–Kier alpha value is -1.41. The van der Waals surface area contributed by atoms with Crippen molar-refractivity contribution in [3.05, 3.63) is 57.8 Å². The van der Waals surface area contributed by atoms with Crippen LogP contribution in [-0.2, 0) is 14.6 Å². The highest BCUT2D eigenvalue weighted by atomic mass is 35.5. The van der Waals surface area contributed by atoms with Crippen molar-refractivity contribution in [1.29, 1.82) is 0 Å². The van der Waals surface area contributed by atoms with Crippen LogP contribution in [0.15, 0.2) is 41.8 Å². The molecule has 1 aliphatic rings. The molecule has 1 aromatic heterocycles. The van der Waals surface area contributed by atoms with Gasteiger partial charge in [0.05, 0.1) is 35.5 Å². The first kappa shape index (κ1) is 19.4. The Labute approximate surface area is 162 Å². The average molecular weight is 413 g/mol. The van der Waals surface area contributed by atoms with Crippen molar-refractivity contribution in [1.82, 2.24) is 10.6 Å². The number of carbonyl (C=O) groups is 1. The van der Waals surface area contributed by atoms with Gasteiger partial charge in [-0.1, -0.05) is 35.9 Å². The Bertz CT molecular complexity index is 851. The van der Waals surface area contributed by atoms with Crippen LogP contribution < -0.4 is 10.6 Å². The first-order valence-corrected chi connectivity index (χ1v) is 11.4. The summed E-state index contributed by atoms with van der Waals surface area (Å²) < 4.78 is 23.2. The van der Waals surface area contributed by atoms with E-state index in [9.17, 15) is 13.2 Å². The van der Waals surface area contributed by atoms with Gasteiger partial charge in [0.15, 0.2) is 9.84 Å². The molecule has 0 saturated carbocycles. The van der Waals surface area contributed by atoms with Crippen LogP contribution in [0.25, 0.3) is 0 Å². The Morgan fingerprint density at radius 3 is 2.58 bits per heavy atom. The molecule has 0 spiro atoms. The number of nitrogens with one attached hydrogen (secondary N) is 2. The summed E-state index contributed by atoms with van der Waals surface area (Å²) in [7, 11) is -3.17. The summed E-state index contributed by atoms with van der Waals surface area (Å²) in [6.07, 6.45) is 0. The normalized spacial score (nSPS) is 22.8. The monoisotopic (exact) mass is 412 g/mol. The van der Waals surface area contributed by atoms with Gasteiger partial charge in [-0.15, -0.1) is 22.9 Å². The van der Waals surface area contributed by atoms with Crippen LogP contribution in [0.1, 0.15) is 22.0 Å². The molecule has 3 rings (SSSR count). The Morgan fingerprint density at radius 1 is 1.27 bits per heavy atom. The van der Waals surface area contributed by atoms with E-state index >= 15 is 0 Å². The van der Waals surface area contributed by atoms with Crippen molar-refractivity contribution >= 4 is 38.7 Å². The molecular weight excluding hydrogens is 392 g/mol. The Balaban J connectivity index is 1.65. The van der Waals surface area contributed by atoms with Gasteiger partial charge in [-0.2, -0.15) is 0 Å². The standard InChI is InChI=1S/C18H21ClN2O3S2/c1-12-4-6-13(7-5-12)18(16-3-2-8-25-16)20-9-17(22)21-15-11-26(23,24)10-14(15)19/h2-8,14-15,18,20H,9-11H2,1H3,(H,21,22)/t14-,15-,18-/m0/s1. The van der Waals surface area contributed by atoms with E-state index in [0.717, 1.165) is 10.4 Å². The predicted octanol–water partition coefficient (Wildman–Crippen LogP) is 2.26. The second-order valence-corrected chi connectivity index (χ2v) is 10.2. The van der Waals surface area contributed by atoms with Gasteiger partial charge in [0, 0.05) is 4.88 Å². The van der Waals surface area contributed by atoms with Crippen molar-refractivity contribution in [2.24, 2.45) is 0 Å². The molecule has 5 nitrogen and oxygen atoms in total. The lowest BCUT2D eigenvalue weighted by molar-refractivity contribution is -0.120. The topological polar surface area (TPSA) is 75.3 Å². The number of hydrogen-bond acceptors (Lipinski definition) is 5. The zero-order valence-corrected chi connectivity index (χ0v) is 16.7. The molecule has 1 fully saturated rings. The van der Waals surface area contributed by atoms with Gasteiger partial charge < -0.3 is 5.32 Å². The Kier molecular flexibility index (Phi) is 6.02. The maximum atomic E-state index is 12.3. The number of rotatable bonds is 6. The fraction of sp³-hybridized carbons (Fsp3) is 0.389. The van der Waals surface area contributed by atoms with Crippen molar-refractivity contribution in [3.63, 3.8) is 0 Å². The SMILES string of the molecule is Cc1ccc([C@H](NCC(=O)N[C@H]2CS(=O)(=O)C[C@@H]2Cl)c2cccs2)cc1. The molecule has 1 saturated heterocycles. The highest BCUT2D eigenvalue weighted by molar-refractivity contribution is 7.91. The van der Waals surface area contributed by atoms with Crippen molar-refractivity contribution in [2.45, 2.75) is 24.4 Å². The third kappa shape index (κ3) is 4.85. The fourth-order valence-electron chi connectivity index (χ4n) is 2.99. The molecule has 26 heavy (non-hydrogen) atoms. The second kappa shape index (κ2) is 8.08. The number of sulfone groups is 1. The number of benzene rings is 1. The maximum Gasteiger partial charge on any atom is 0.234 e. The molecule has 1 aliphatic heterocycles. The fourth-order valence-corrected chi connectivity index (χ4v) is 6.36. The molecule has 0 unspecified atom stereocenters. The number of carbonyl (C=O) groups excluding carboxylic acids is 1. The zero-order valence-electron chi connectivity index (χ0n) is 14.3. The van der Waals surface area contributed by atoms with Crippen molar-refractivity contribution in [2.75, 3.05) is 18.1 Å². The van der Waals surface area contributed by atoms with Crippen molar-refractivity contribution < 1.29 is 13.2 Å². The molecule has 2 heterocycles. The third-order valence-corrected chi connectivity index (χ3v) is 7.65. The highest BCUT2D eigenvalue weighted by Crippen LogP contribution is 2.26. The smallest absolute Gasteiger partial charge is 0.234 e. The average Bonchev–Trinajstić information content (AvgIpc) is 3.17. The van der Waals surface area contributed by atoms with Crippen LogP contribution in [0.5, 0.6) is 0 Å². The van der Waals surface area contributed by atoms with Gasteiger partial charge in [-0.3, -0.25) is 10.1 Å². The first-order valence-electron chi connectivity index (χ1n) is 8.31. The summed E-state index contributed by atoms with van der Waals surface area (Å²) in [5.41, 5.74) is 2.25. The van der Waals surface area contributed by atoms with E-state index in [1.807, 2.05) is 48.7 Å². The van der Waals surface area contributed by atoms with Crippen LogP contribution in [0, 0.1) is 6.92 Å². The van der Waals surface area contributed by atoms with Gasteiger partial charge in [-0.05, 0) is 23.9 Å². The van der Waals surface area contributed by atoms with Crippen LogP contribution in [0.3, 0.4) is 0 Å². The van der Waals surface area contributed by atoms with E-state index in [4.69, 9.17) is 11.6 Å². The minimum absolute atomic E-state index is 0.0800. The lowest BCUT2D eigenvalue weighted by atomic mass is 10.0. The molecule has 140 valence electrons. The van der Waals surface area contributed by atoms with Gasteiger partial charge in [0.25, 0.3) is 0 Å². The summed E-state index contributed by atoms with van der Waals surface area (Å²) in [6.45, 7) is 2.11. The molecule has 1 aromatic carbocycles. The van der Waals surface area contributed by atoms with Gasteiger partial charge in [0.1, 0.15) is 0 Å². The van der Waals surface area contributed by atoms with E-state index in [-0.39, 0.29) is 30.0 Å². The number of alkyl halides is 1. The molecule has 0 aliphatic carbocycles. The lowest BCUT2D eigenvalue weighted by Crippen LogP contribution is -2.45. The summed E-state index contributed by atoms with van der Waals surface area (Å²) in [6, 6.07) is 11.5. The number of amides is 1. The van der Waals surface area contributed by atoms with Gasteiger partial charge in [0.2, 0.25) is 5.91 Å². The van der Waals surface area contributed by atoms with E-state index in [0.29, 0.717) is 0 Å². The van der Waals surface area contributed by atoms with E-state index in [1.165, 1.54) is 5.56 Å². The molecule has 3 atom stereocenters. The van der Waals surface area contributed by atoms with Crippen LogP contribution in [0.2, 0.25) is 0 Å². The van der Waals surface area contributed by atoms with Crippen molar-refractivity contribution in [3.8, 4) is 0 Å². The number of thiophene rings is 1. The minimum atomic E-state index is -3.17. The third-order valence-electron chi connectivity index (χ3n) is 4.33. The van der Waals surface area contributed by atoms with Gasteiger partial charge in [-0.25, -0.2) is 8.42 Å². The second-order valence-electron chi connectivity index (χ2n) is 6.51. The molecule has 0 radical (unpaired) electrons. The van der Waals surface area contributed by atoms with Crippen LogP contribution in [0.4, 0.5) is 0 Å². The first-order chi connectivity index (χ1) is 12.3. The van der Waals surface area contributed by atoms with Gasteiger partial charge >= 0.3 is 0 Å². The number of halogens is 1. The quantitative estimate of drug-likeness (QED) is 0.713. The summed E-state index contributed by atoms with van der Waals surface area (Å²) in [4.78, 5) is 13.4. The van der Waals surface area contributed by atoms with Crippen LogP contribution in [-0.4, -0.2) is 43.8 Å². The summed E-state index contributed by atoms with van der Waals surface area (Å²) in [5, 5.41) is 7.43. The molecule has 1 amide bonds. The Morgan fingerprint density at radius 2 is 2.00 bits per heavy atom. The van der Waals surface area contributed by atoms with E-state index < -0.39 is 21.3 Å². The largest absolute Gasteiger partial charge is 0.350 e. The molecule has 2 aromatic rings. The number of hydrogen-bond donors (Lipinski definition) is 2. The minimum Gasteiger partial charge on any atom is -0.350 e. The number of aryl methyl sites for hydroxylation is 1. The van der Waals surface area contributed by atoms with E-state index in [2.05, 4.69) is 10.6 Å². The summed E-state index contributed by atoms with van der Waals surface area (Å²) in [5.74, 6) is -0.445. The zero-order chi connectivity index (χ0) is 18.7.